The Hall–Kier alpha value is -2.89. The van der Waals surface area contributed by atoms with Crippen LogP contribution in [0.2, 0.25) is 0 Å². The van der Waals surface area contributed by atoms with Crippen molar-refractivity contribution in [2.45, 2.75) is 32.7 Å². The van der Waals surface area contributed by atoms with Crippen LogP contribution >= 0.6 is 0 Å². The Balaban J connectivity index is 1.39. The Morgan fingerprint density at radius 1 is 1.33 bits per heavy atom. The molecule has 2 heterocycles. The quantitative estimate of drug-likeness (QED) is 0.680. The Bertz CT molecular complexity index is 977. The minimum Gasteiger partial charge on any atom is -0.491 e. The number of amides is 1. The molecular formula is C21H22FN3O2. The first-order valence-corrected chi connectivity index (χ1v) is 9.10. The van der Waals surface area contributed by atoms with Crippen LogP contribution in [0.15, 0.2) is 42.6 Å². The van der Waals surface area contributed by atoms with Gasteiger partial charge in [0.15, 0.2) is 0 Å². The number of aromatic nitrogens is 2. The molecule has 1 amide bonds. The first-order chi connectivity index (χ1) is 12.9. The molecule has 2 N–H and O–H groups in total. The highest BCUT2D eigenvalue weighted by Crippen LogP contribution is 2.45. The van der Waals surface area contributed by atoms with E-state index in [1.54, 1.807) is 18.3 Å². The van der Waals surface area contributed by atoms with Crippen molar-refractivity contribution < 1.29 is 13.9 Å². The number of ether oxygens (including phenoxy) is 1. The summed E-state index contributed by atoms with van der Waals surface area (Å²) in [6, 6.07) is 9.49. The molecule has 0 aliphatic heterocycles. The first-order valence-electron chi connectivity index (χ1n) is 9.10. The second-order valence-corrected chi connectivity index (χ2v) is 7.63. The minimum atomic E-state index is -0.330. The molecule has 0 spiro atoms. The van der Waals surface area contributed by atoms with E-state index in [-0.39, 0.29) is 17.8 Å². The summed E-state index contributed by atoms with van der Waals surface area (Å²) in [5.41, 5.74) is 2.18. The molecule has 0 bridgehead atoms. The number of carbonyl (C=O) groups is 1. The van der Waals surface area contributed by atoms with Gasteiger partial charge < -0.3 is 15.0 Å². The predicted octanol–water partition coefficient (Wildman–Crippen LogP) is 4.37. The molecule has 1 fully saturated rings. The van der Waals surface area contributed by atoms with Gasteiger partial charge in [0.1, 0.15) is 17.3 Å². The van der Waals surface area contributed by atoms with Gasteiger partial charge in [-0.25, -0.2) is 4.39 Å². The van der Waals surface area contributed by atoms with Crippen LogP contribution in [0.4, 0.5) is 4.39 Å². The maximum Gasteiger partial charge on any atom is 0.268 e. The zero-order valence-electron chi connectivity index (χ0n) is 15.4. The number of nitrogens with one attached hydrogen (secondary N) is 2. The van der Waals surface area contributed by atoms with E-state index in [0.717, 1.165) is 17.0 Å². The highest BCUT2D eigenvalue weighted by Gasteiger charge is 2.38. The van der Waals surface area contributed by atoms with Gasteiger partial charge in [0, 0.05) is 16.3 Å². The summed E-state index contributed by atoms with van der Waals surface area (Å²) in [7, 11) is 0. The number of fused-ring (bicyclic) bond motifs is 1. The molecule has 140 valence electrons. The van der Waals surface area contributed by atoms with Gasteiger partial charge >= 0.3 is 0 Å². The normalized spacial score (nSPS) is 16.1. The smallest absolute Gasteiger partial charge is 0.268 e. The molecular weight excluding hydrogens is 345 g/mol. The van der Waals surface area contributed by atoms with E-state index in [0.29, 0.717) is 23.1 Å². The van der Waals surface area contributed by atoms with E-state index >= 15 is 0 Å². The zero-order chi connectivity index (χ0) is 19.0. The number of aromatic amines is 1. The second-order valence-electron chi connectivity index (χ2n) is 7.63. The molecule has 2 aromatic heterocycles. The molecule has 4 rings (SSSR count). The molecule has 3 aromatic rings. The third-order valence-electron chi connectivity index (χ3n) is 5.07. The molecule has 1 atom stereocenters. The fraction of sp³-hybridized carbons (Fsp3) is 0.333. The molecule has 0 saturated heterocycles. The van der Waals surface area contributed by atoms with E-state index in [9.17, 15) is 9.18 Å². The summed E-state index contributed by atoms with van der Waals surface area (Å²) in [6.45, 7) is 4.79. The Labute approximate surface area is 157 Å². The fourth-order valence-electron chi connectivity index (χ4n) is 2.92. The number of hydrogen-bond donors (Lipinski definition) is 2. The van der Waals surface area contributed by atoms with Crippen LogP contribution < -0.4 is 10.1 Å². The van der Waals surface area contributed by atoms with E-state index in [2.05, 4.69) is 22.2 Å². The van der Waals surface area contributed by atoms with Crippen molar-refractivity contribution in [1.82, 2.24) is 15.3 Å². The number of benzene rings is 1. The average molecular weight is 367 g/mol. The lowest BCUT2D eigenvalue weighted by molar-refractivity contribution is 0.0935. The molecule has 6 heteroatoms. The van der Waals surface area contributed by atoms with Gasteiger partial charge in [0.25, 0.3) is 5.91 Å². The van der Waals surface area contributed by atoms with Gasteiger partial charge in [0.05, 0.1) is 24.5 Å². The van der Waals surface area contributed by atoms with E-state index < -0.39 is 0 Å². The molecule has 5 nitrogen and oxygen atoms in total. The number of rotatable bonds is 6. The Kier molecular flexibility index (Phi) is 4.34. The number of halogens is 1. The Morgan fingerprint density at radius 3 is 2.85 bits per heavy atom. The van der Waals surface area contributed by atoms with Gasteiger partial charge in [-0.3, -0.25) is 9.78 Å². The third-order valence-corrected chi connectivity index (χ3v) is 5.07. The largest absolute Gasteiger partial charge is 0.491 e. The van der Waals surface area contributed by atoms with Crippen LogP contribution in [0.1, 0.15) is 48.9 Å². The predicted molar refractivity (Wildman–Crippen MR) is 101 cm³/mol. The number of hydrogen-bond acceptors (Lipinski definition) is 3. The maximum absolute atomic E-state index is 13.3. The van der Waals surface area contributed by atoms with Crippen LogP contribution in [-0.4, -0.2) is 22.5 Å². The minimum absolute atomic E-state index is 0.261. The van der Waals surface area contributed by atoms with Gasteiger partial charge in [0.2, 0.25) is 0 Å². The van der Waals surface area contributed by atoms with E-state index in [1.165, 1.54) is 25.0 Å². The monoisotopic (exact) mass is 367 g/mol. The zero-order valence-corrected chi connectivity index (χ0v) is 15.4. The average Bonchev–Trinajstić information content (AvgIpc) is 3.24. The number of pyridine rings is 1. The summed E-state index contributed by atoms with van der Waals surface area (Å²) in [5, 5.41) is 3.57. The molecule has 1 saturated carbocycles. The van der Waals surface area contributed by atoms with Crippen molar-refractivity contribution >= 4 is 16.8 Å². The molecule has 1 aromatic carbocycles. The van der Waals surface area contributed by atoms with Gasteiger partial charge in [-0.1, -0.05) is 6.92 Å². The van der Waals surface area contributed by atoms with Crippen molar-refractivity contribution in [2.24, 2.45) is 5.41 Å². The van der Waals surface area contributed by atoms with Crippen LogP contribution in [0.5, 0.6) is 5.75 Å². The van der Waals surface area contributed by atoms with Crippen LogP contribution in [0.3, 0.4) is 0 Å². The van der Waals surface area contributed by atoms with E-state index in [4.69, 9.17) is 4.74 Å². The first kappa shape index (κ1) is 17.5. The van der Waals surface area contributed by atoms with Crippen LogP contribution in [0.25, 0.3) is 10.9 Å². The molecule has 0 radical (unpaired) electrons. The molecule has 1 aliphatic carbocycles. The number of H-pyrrole nitrogens is 1. The molecule has 27 heavy (non-hydrogen) atoms. The third kappa shape index (κ3) is 3.94. The van der Waals surface area contributed by atoms with Gasteiger partial charge in [-0.15, -0.1) is 0 Å². The Morgan fingerprint density at radius 2 is 2.15 bits per heavy atom. The van der Waals surface area contributed by atoms with Crippen molar-refractivity contribution in [1.29, 1.82) is 0 Å². The topological polar surface area (TPSA) is 67.0 Å². The second kappa shape index (κ2) is 6.68. The lowest BCUT2D eigenvalue weighted by Crippen LogP contribution is -2.27. The maximum atomic E-state index is 13.3. The van der Waals surface area contributed by atoms with Gasteiger partial charge in [-0.2, -0.15) is 0 Å². The van der Waals surface area contributed by atoms with Crippen molar-refractivity contribution in [3.8, 4) is 5.75 Å². The lowest BCUT2D eigenvalue weighted by Gasteiger charge is -2.14. The highest BCUT2D eigenvalue weighted by atomic mass is 19.1. The number of carbonyl (C=O) groups excluding carboxylic acids is 1. The summed E-state index contributed by atoms with van der Waals surface area (Å²) in [5.74, 6) is 0.148. The number of nitrogens with zero attached hydrogens (tertiary/aromatic N) is 1. The molecule has 1 unspecified atom stereocenters. The van der Waals surface area contributed by atoms with Crippen molar-refractivity contribution in [2.75, 3.05) is 6.61 Å². The summed E-state index contributed by atoms with van der Waals surface area (Å²) in [6.07, 6.45) is 4.11. The van der Waals surface area contributed by atoms with E-state index in [1.807, 2.05) is 19.1 Å². The van der Waals surface area contributed by atoms with Crippen LogP contribution in [-0.2, 0) is 0 Å². The highest BCUT2D eigenvalue weighted by molar-refractivity contribution is 5.98. The summed E-state index contributed by atoms with van der Waals surface area (Å²) in [4.78, 5) is 19.9. The fourth-order valence-corrected chi connectivity index (χ4v) is 2.92. The summed E-state index contributed by atoms with van der Waals surface area (Å²) >= 11 is 0. The lowest BCUT2D eigenvalue weighted by atomic mass is 10.2. The SMILES string of the molecule is CC(NC(=O)c1cc2cc(F)ccc2[nH]1)c1ccc(OCC2(C)CC2)cn1. The van der Waals surface area contributed by atoms with Crippen molar-refractivity contribution in [3.63, 3.8) is 0 Å². The summed E-state index contributed by atoms with van der Waals surface area (Å²) < 4.78 is 19.1. The van der Waals surface area contributed by atoms with Crippen molar-refractivity contribution in [3.05, 3.63) is 59.8 Å². The van der Waals surface area contributed by atoms with Gasteiger partial charge in [-0.05, 0) is 56.2 Å². The van der Waals surface area contributed by atoms with Crippen LogP contribution in [0, 0.1) is 11.2 Å². The molecule has 1 aliphatic rings. The standard InChI is InChI=1S/C21H22FN3O2/c1-13(17-6-4-16(11-23-17)27-12-21(2)7-8-21)24-20(26)19-10-14-9-15(22)3-5-18(14)25-19/h3-6,9-11,13,25H,7-8,12H2,1-2H3,(H,24,26).